The van der Waals surface area contributed by atoms with Crippen molar-refractivity contribution in [3.05, 3.63) is 59.6 Å². The molecule has 0 saturated carbocycles. The summed E-state index contributed by atoms with van der Waals surface area (Å²) in [6.45, 7) is 2.00. The van der Waals surface area contributed by atoms with Gasteiger partial charge in [0.05, 0.1) is 12.3 Å². The van der Waals surface area contributed by atoms with Gasteiger partial charge < -0.3 is 9.73 Å². The smallest absolute Gasteiger partial charge is 0.130 e. The molecule has 0 fully saturated rings. The van der Waals surface area contributed by atoms with E-state index in [9.17, 15) is 8.78 Å². The van der Waals surface area contributed by atoms with Gasteiger partial charge in [-0.1, -0.05) is 6.07 Å². The molecular weight excluding hydrogens is 224 g/mol. The third-order valence-electron chi connectivity index (χ3n) is 2.62. The lowest BCUT2D eigenvalue weighted by atomic mass is 10.1. The molecule has 0 aliphatic rings. The lowest BCUT2D eigenvalue weighted by Gasteiger charge is -2.12. The van der Waals surface area contributed by atoms with Gasteiger partial charge in [-0.25, -0.2) is 8.78 Å². The van der Waals surface area contributed by atoms with E-state index in [1.807, 2.05) is 13.0 Å². The number of hydrogen-bond acceptors (Lipinski definition) is 2. The first-order chi connectivity index (χ1) is 8.18. The second-order valence-electron chi connectivity index (χ2n) is 3.82. The fourth-order valence-electron chi connectivity index (χ4n) is 1.59. The summed E-state index contributed by atoms with van der Waals surface area (Å²) in [6.07, 6.45) is 1.57. The van der Waals surface area contributed by atoms with E-state index in [1.54, 1.807) is 12.3 Å². The molecule has 17 heavy (non-hydrogen) atoms. The standard InChI is InChI=1S/C13H13F2NO/c1-9(13-6-3-7-17-13)16-8-10-11(14)4-2-5-12(10)15/h2-7,9,16H,8H2,1H3. The normalized spacial score (nSPS) is 12.6. The monoisotopic (exact) mass is 237 g/mol. The Kier molecular flexibility index (Phi) is 3.54. The Morgan fingerprint density at radius 2 is 1.88 bits per heavy atom. The van der Waals surface area contributed by atoms with Crippen LogP contribution in [0.15, 0.2) is 41.0 Å². The number of nitrogens with one attached hydrogen (secondary N) is 1. The largest absolute Gasteiger partial charge is 0.468 e. The molecule has 1 unspecified atom stereocenters. The average Bonchev–Trinajstić information content (AvgIpc) is 2.81. The van der Waals surface area contributed by atoms with Gasteiger partial charge in [0.15, 0.2) is 0 Å². The van der Waals surface area contributed by atoms with Crippen LogP contribution in [0.1, 0.15) is 24.3 Å². The number of hydrogen-bond donors (Lipinski definition) is 1. The van der Waals surface area contributed by atoms with Gasteiger partial charge in [0.25, 0.3) is 0 Å². The summed E-state index contributed by atoms with van der Waals surface area (Å²) >= 11 is 0. The number of benzene rings is 1. The predicted molar refractivity (Wildman–Crippen MR) is 60.3 cm³/mol. The van der Waals surface area contributed by atoms with Crippen molar-refractivity contribution in [3.63, 3.8) is 0 Å². The average molecular weight is 237 g/mol. The fraction of sp³-hybridized carbons (Fsp3) is 0.231. The lowest BCUT2D eigenvalue weighted by Crippen LogP contribution is -2.19. The molecule has 0 amide bonds. The van der Waals surface area contributed by atoms with E-state index >= 15 is 0 Å². The molecule has 2 rings (SSSR count). The van der Waals surface area contributed by atoms with Crippen molar-refractivity contribution in [2.75, 3.05) is 0 Å². The van der Waals surface area contributed by atoms with Gasteiger partial charge in [-0.15, -0.1) is 0 Å². The minimum absolute atomic E-state index is 0.0471. The molecule has 1 aromatic carbocycles. The maximum atomic E-state index is 13.3. The molecule has 0 aliphatic carbocycles. The first-order valence-corrected chi connectivity index (χ1v) is 5.38. The highest BCUT2D eigenvalue weighted by atomic mass is 19.1. The summed E-state index contributed by atoms with van der Waals surface area (Å²) in [6, 6.07) is 7.34. The summed E-state index contributed by atoms with van der Waals surface area (Å²) < 4.78 is 31.9. The van der Waals surface area contributed by atoms with Crippen LogP contribution in [0.25, 0.3) is 0 Å². The van der Waals surface area contributed by atoms with Gasteiger partial charge in [0.2, 0.25) is 0 Å². The topological polar surface area (TPSA) is 25.2 Å². The molecule has 1 N–H and O–H groups in total. The SMILES string of the molecule is CC(NCc1c(F)cccc1F)c1ccco1. The van der Waals surface area contributed by atoms with Crippen LogP contribution < -0.4 is 5.32 Å². The predicted octanol–water partition coefficient (Wildman–Crippen LogP) is 3.41. The number of furan rings is 1. The van der Waals surface area contributed by atoms with Crippen molar-refractivity contribution in [2.45, 2.75) is 19.5 Å². The first kappa shape index (κ1) is 11.8. The molecule has 90 valence electrons. The Bertz CT molecular complexity index is 462. The molecule has 0 radical (unpaired) electrons. The van der Waals surface area contributed by atoms with Gasteiger partial charge in [0, 0.05) is 12.1 Å². The van der Waals surface area contributed by atoms with Crippen LogP contribution in [0.2, 0.25) is 0 Å². The second-order valence-corrected chi connectivity index (χ2v) is 3.82. The maximum Gasteiger partial charge on any atom is 0.130 e. The molecule has 2 aromatic rings. The zero-order chi connectivity index (χ0) is 12.3. The zero-order valence-electron chi connectivity index (χ0n) is 9.41. The summed E-state index contributed by atoms with van der Waals surface area (Å²) in [4.78, 5) is 0. The van der Waals surface area contributed by atoms with Gasteiger partial charge in [-0.05, 0) is 31.2 Å². The Balaban J connectivity index is 2.03. The van der Waals surface area contributed by atoms with E-state index in [0.717, 1.165) is 5.76 Å². The summed E-state index contributed by atoms with van der Waals surface area (Å²) in [5, 5.41) is 3.01. The molecule has 1 atom stereocenters. The lowest BCUT2D eigenvalue weighted by molar-refractivity contribution is 0.422. The molecule has 0 saturated heterocycles. The highest BCUT2D eigenvalue weighted by Crippen LogP contribution is 2.16. The summed E-state index contributed by atoms with van der Waals surface area (Å²) in [5.41, 5.74) is 0.0471. The molecule has 2 nitrogen and oxygen atoms in total. The first-order valence-electron chi connectivity index (χ1n) is 5.38. The molecule has 0 bridgehead atoms. The van der Waals surface area contributed by atoms with Gasteiger partial charge in [-0.2, -0.15) is 0 Å². The van der Waals surface area contributed by atoms with Crippen molar-refractivity contribution in [1.29, 1.82) is 0 Å². The molecule has 4 heteroatoms. The molecule has 0 spiro atoms. The molecule has 1 aromatic heterocycles. The van der Waals surface area contributed by atoms with E-state index in [0.29, 0.717) is 0 Å². The van der Waals surface area contributed by atoms with Crippen molar-refractivity contribution in [1.82, 2.24) is 5.32 Å². The Hall–Kier alpha value is -1.68. The third-order valence-corrected chi connectivity index (χ3v) is 2.62. The van der Waals surface area contributed by atoms with Crippen LogP contribution in [0.4, 0.5) is 8.78 Å². The van der Waals surface area contributed by atoms with Crippen LogP contribution in [-0.4, -0.2) is 0 Å². The van der Waals surface area contributed by atoms with Gasteiger partial charge >= 0.3 is 0 Å². The molecule has 0 aliphatic heterocycles. The fourth-order valence-corrected chi connectivity index (χ4v) is 1.59. The van der Waals surface area contributed by atoms with Crippen molar-refractivity contribution >= 4 is 0 Å². The summed E-state index contributed by atoms with van der Waals surface area (Å²) in [5.74, 6) is -0.338. The van der Waals surface area contributed by atoms with Crippen LogP contribution in [0, 0.1) is 11.6 Å². The number of halogens is 2. The minimum Gasteiger partial charge on any atom is -0.468 e. The van der Waals surface area contributed by atoms with Crippen molar-refractivity contribution in [3.8, 4) is 0 Å². The molecular formula is C13H13F2NO. The van der Waals surface area contributed by atoms with Gasteiger partial charge in [-0.3, -0.25) is 0 Å². The van der Waals surface area contributed by atoms with Crippen LogP contribution in [-0.2, 0) is 6.54 Å². The van der Waals surface area contributed by atoms with Crippen LogP contribution >= 0.6 is 0 Å². The van der Waals surface area contributed by atoms with Gasteiger partial charge in [0.1, 0.15) is 17.4 Å². The summed E-state index contributed by atoms with van der Waals surface area (Å²) in [7, 11) is 0. The third kappa shape index (κ3) is 2.71. The zero-order valence-corrected chi connectivity index (χ0v) is 9.41. The van der Waals surface area contributed by atoms with E-state index < -0.39 is 11.6 Å². The Labute approximate surface area is 98.3 Å². The number of rotatable bonds is 4. The van der Waals surface area contributed by atoms with E-state index in [4.69, 9.17) is 4.42 Å². The highest BCUT2D eigenvalue weighted by Gasteiger charge is 2.11. The molecule has 1 heterocycles. The van der Waals surface area contributed by atoms with Crippen LogP contribution in [0.5, 0.6) is 0 Å². The van der Waals surface area contributed by atoms with Crippen molar-refractivity contribution in [2.24, 2.45) is 0 Å². The Morgan fingerprint density at radius 3 is 2.47 bits per heavy atom. The van der Waals surface area contributed by atoms with E-state index in [-0.39, 0.29) is 18.2 Å². The maximum absolute atomic E-state index is 13.3. The van der Waals surface area contributed by atoms with Crippen LogP contribution in [0.3, 0.4) is 0 Å². The van der Waals surface area contributed by atoms with E-state index in [1.165, 1.54) is 18.2 Å². The second kappa shape index (κ2) is 5.10. The quantitative estimate of drug-likeness (QED) is 0.881. The highest BCUT2D eigenvalue weighted by molar-refractivity contribution is 5.19. The minimum atomic E-state index is -0.538. The van der Waals surface area contributed by atoms with E-state index in [2.05, 4.69) is 5.32 Å². The van der Waals surface area contributed by atoms with Crippen molar-refractivity contribution < 1.29 is 13.2 Å². The Morgan fingerprint density at radius 1 is 1.18 bits per heavy atom.